The summed E-state index contributed by atoms with van der Waals surface area (Å²) >= 11 is 0. The zero-order chi connectivity index (χ0) is 23.1. The molecule has 0 aromatic carbocycles. The molecule has 0 bridgehead atoms. The van der Waals surface area contributed by atoms with E-state index >= 15 is 0 Å². The summed E-state index contributed by atoms with van der Waals surface area (Å²) in [6.45, 7) is 12.7. The van der Waals surface area contributed by atoms with Crippen LogP contribution in [0.15, 0.2) is 35.6 Å². The van der Waals surface area contributed by atoms with Crippen molar-refractivity contribution in [3.63, 3.8) is 0 Å². The van der Waals surface area contributed by atoms with Crippen LogP contribution in [0.5, 0.6) is 0 Å². The van der Waals surface area contributed by atoms with Crippen molar-refractivity contribution in [1.82, 2.24) is 0 Å². The molecule has 0 saturated carbocycles. The van der Waals surface area contributed by atoms with Crippen molar-refractivity contribution in [3.05, 3.63) is 35.6 Å². The van der Waals surface area contributed by atoms with Crippen molar-refractivity contribution in [2.45, 2.75) is 85.2 Å². The highest BCUT2D eigenvalue weighted by molar-refractivity contribution is 5.78. The van der Waals surface area contributed by atoms with Gasteiger partial charge in [0.05, 0.1) is 18.3 Å². The molecule has 0 aromatic heterocycles. The van der Waals surface area contributed by atoms with Gasteiger partial charge in [-0.2, -0.15) is 0 Å². The van der Waals surface area contributed by atoms with Gasteiger partial charge in [-0.15, -0.1) is 0 Å². The maximum Gasteiger partial charge on any atom is 0.314 e. The van der Waals surface area contributed by atoms with E-state index in [9.17, 15) is 14.4 Å². The Balaban J connectivity index is 2.13. The van der Waals surface area contributed by atoms with Crippen LogP contribution in [0, 0.1) is 11.8 Å². The van der Waals surface area contributed by atoms with E-state index in [1.165, 1.54) is 13.8 Å². The van der Waals surface area contributed by atoms with Crippen molar-refractivity contribution < 1.29 is 33.3 Å². The largest absolute Gasteiger partial charge is 0.463 e. The molecule has 1 fully saturated rings. The van der Waals surface area contributed by atoms with Crippen LogP contribution in [-0.2, 0) is 33.3 Å². The third-order valence-corrected chi connectivity index (χ3v) is 5.47. The van der Waals surface area contributed by atoms with Gasteiger partial charge in [0, 0.05) is 38.2 Å². The van der Waals surface area contributed by atoms with Crippen LogP contribution in [0.25, 0.3) is 0 Å². The molecule has 0 radical (unpaired) electrons. The number of carbonyl (C=O) groups excluding carboxylic acids is 3. The Hall–Kier alpha value is -2.57. The van der Waals surface area contributed by atoms with Gasteiger partial charge in [-0.05, 0) is 40.0 Å². The number of hydrogen-bond donors (Lipinski definition) is 0. The number of allylic oxidation sites excluding steroid dienone is 1. The maximum absolute atomic E-state index is 13.0. The first kappa shape index (κ1) is 24.7. The molecule has 172 valence electrons. The van der Waals surface area contributed by atoms with Gasteiger partial charge in [0.25, 0.3) is 0 Å². The van der Waals surface area contributed by atoms with Crippen molar-refractivity contribution in [3.8, 4) is 0 Å². The Morgan fingerprint density at radius 3 is 2.58 bits per heavy atom. The van der Waals surface area contributed by atoms with Gasteiger partial charge in [0.1, 0.15) is 6.10 Å². The number of esters is 3. The second kappa shape index (κ2) is 11.2. The molecule has 2 aliphatic heterocycles. The molecule has 31 heavy (non-hydrogen) atoms. The van der Waals surface area contributed by atoms with Gasteiger partial charge in [-0.1, -0.05) is 23.8 Å². The lowest BCUT2D eigenvalue weighted by molar-refractivity contribution is -0.177. The molecule has 2 heterocycles. The Labute approximate surface area is 184 Å². The second-order valence-corrected chi connectivity index (χ2v) is 8.53. The molecule has 2 rings (SSSR count). The first-order valence-electron chi connectivity index (χ1n) is 10.8. The molecule has 0 aliphatic carbocycles. The van der Waals surface area contributed by atoms with Gasteiger partial charge in [-0.25, -0.2) is 0 Å². The molecule has 0 N–H and O–H groups in total. The first-order chi connectivity index (χ1) is 14.6. The average Bonchev–Trinajstić information content (AvgIpc) is 2.64. The van der Waals surface area contributed by atoms with E-state index in [1.54, 1.807) is 6.26 Å². The standard InChI is InChI=1S/C24H34O7/c1-14(2)10-11-21-20-13-28-22(30-18(6)26)12-19(20)23(24(27)31-21)15(3)8-7-9-16(4)29-17(5)25/h10,13,16,19,21-23H,3,7-9,11-12H2,1-2,4-6H3/t16-,19-,21+,22-,23+/m1/s1. The monoisotopic (exact) mass is 434 g/mol. The lowest BCUT2D eigenvalue weighted by Gasteiger charge is -2.41. The lowest BCUT2D eigenvalue weighted by Crippen LogP contribution is -2.44. The number of fused-ring (bicyclic) bond motifs is 1. The molecule has 0 spiro atoms. The number of hydrogen-bond acceptors (Lipinski definition) is 7. The third kappa shape index (κ3) is 7.26. The highest BCUT2D eigenvalue weighted by atomic mass is 16.7. The molecule has 0 amide bonds. The van der Waals surface area contributed by atoms with Gasteiger partial charge in [0.15, 0.2) is 0 Å². The average molecular weight is 435 g/mol. The number of carbonyl (C=O) groups is 3. The Kier molecular flexibility index (Phi) is 8.89. The molecular weight excluding hydrogens is 400 g/mol. The van der Waals surface area contributed by atoms with Crippen LogP contribution >= 0.6 is 0 Å². The van der Waals surface area contributed by atoms with Gasteiger partial charge in [-0.3, -0.25) is 14.4 Å². The fourth-order valence-corrected chi connectivity index (χ4v) is 4.08. The summed E-state index contributed by atoms with van der Waals surface area (Å²) in [7, 11) is 0. The number of ether oxygens (including phenoxy) is 4. The van der Waals surface area contributed by atoms with Crippen LogP contribution < -0.4 is 0 Å². The molecule has 1 saturated heterocycles. The van der Waals surface area contributed by atoms with Gasteiger partial charge >= 0.3 is 17.9 Å². The minimum absolute atomic E-state index is 0.191. The summed E-state index contributed by atoms with van der Waals surface area (Å²) in [6, 6.07) is 0. The van der Waals surface area contributed by atoms with E-state index in [4.69, 9.17) is 18.9 Å². The van der Waals surface area contributed by atoms with Crippen LogP contribution in [0.2, 0.25) is 0 Å². The topological polar surface area (TPSA) is 88.1 Å². The minimum Gasteiger partial charge on any atom is -0.463 e. The zero-order valence-electron chi connectivity index (χ0n) is 19.1. The first-order valence-corrected chi connectivity index (χ1v) is 10.8. The van der Waals surface area contributed by atoms with E-state index in [0.717, 1.165) is 23.1 Å². The van der Waals surface area contributed by atoms with E-state index in [2.05, 4.69) is 6.58 Å². The summed E-state index contributed by atoms with van der Waals surface area (Å²) < 4.78 is 21.8. The van der Waals surface area contributed by atoms with Crippen molar-refractivity contribution >= 4 is 17.9 Å². The van der Waals surface area contributed by atoms with Crippen molar-refractivity contribution in [2.75, 3.05) is 0 Å². The van der Waals surface area contributed by atoms with E-state index in [-0.39, 0.29) is 24.0 Å². The highest BCUT2D eigenvalue weighted by Gasteiger charge is 2.46. The molecule has 7 heteroatoms. The highest BCUT2D eigenvalue weighted by Crippen LogP contribution is 2.43. The van der Waals surface area contributed by atoms with Crippen LogP contribution in [0.4, 0.5) is 0 Å². The van der Waals surface area contributed by atoms with E-state index in [0.29, 0.717) is 25.7 Å². The van der Waals surface area contributed by atoms with Crippen molar-refractivity contribution in [2.24, 2.45) is 11.8 Å². The Morgan fingerprint density at radius 2 is 1.97 bits per heavy atom. The normalized spacial score (nSPS) is 25.7. The van der Waals surface area contributed by atoms with Gasteiger partial charge in [0.2, 0.25) is 6.29 Å². The minimum atomic E-state index is -0.736. The summed E-state index contributed by atoms with van der Waals surface area (Å²) in [5.74, 6) is -1.78. The fourth-order valence-electron chi connectivity index (χ4n) is 4.08. The van der Waals surface area contributed by atoms with Gasteiger partial charge < -0.3 is 18.9 Å². The van der Waals surface area contributed by atoms with Crippen LogP contribution in [0.3, 0.4) is 0 Å². The van der Waals surface area contributed by atoms with E-state index in [1.807, 2.05) is 26.8 Å². The second-order valence-electron chi connectivity index (χ2n) is 8.53. The summed E-state index contributed by atoms with van der Waals surface area (Å²) in [6.07, 6.45) is 5.23. The predicted molar refractivity (Wildman–Crippen MR) is 114 cm³/mol. The molecule has 5 atom stereocenters. The maximum atomic E-state index is 13.0. The van der Waals surface area contributed by atoms with E-state index < -0.39 is 24.3 Å². The summed E-state index contributed by atoms with van der Waals surface area (Å²) in [5, 5.41) is 0. The predicted octanol–water partition coefficient (Wildman–Crippen LogP) is 4.37. The number of rotatable bonds is 9. The van der Waals surface area contributed by atoms with Crippen molar-refractivity contribution in [1.29, 1.82) is 0 Å². The lowest BCUT2D eigenvalue weighted by atomic mass is 9.73. The fraction of sp³-hybridized carbons (Fsp3) is 0.625. The molecule has 2 aliphatic rings. The smallest absolute Gasteiger partial charge is 0.314 e. The summed E-state index contributed by atoms with van der Waals surface area (Å²) in [5.41, 5.74) is 2.79. The molecular formula is C24H34O7. The molecule has 0 aromatic rings. The summed E-state index contributed by atoms with van der Waals surface area (Å²) in [4.78, 5) is 35.4. The Morgan fingerprint density at radius 1 is 1.26 bits per heavy atom. The van der Waals surface area contributed by atoms with Crippen LogP contribution in [0.1, 0.15) is 66.7 Å². The van der Waals surface area contributed by atoms with Crippen LogP contribution in [-0.4, -0.2) is 36.4 Å². The molecule has 7 nitrogen and oxygen atoms in total. The third-order valence-electron chi connectivity index (χ3n) is 5.47. The zero-order valence-corrected chi connectivity index (χ0v) is 19.1. The SMILES string of the molecule is C=C(CCC[C@@H](C)OC(C)=O)[C@@H]1C(=O)O[C@@H](CC=C(C)C)C2=CO[C@H](OC(C)=O)C[C@H]21. The Bertz CT molecular complexity index is 760. The number of cyclic esters (lactones) is 1. The quantitative estimate of drug-likeness (QED) is 0.302. The molecule has 0 unspecified atom stereocenters.